The Bertz CT molecular complexity index is 377. The van der Waals surface area contributed by atoms with Crippen molar-refractivity contribution in [1.29, 1.82) is 0 Å². The summed E-state index contributed by atoms with van der Waals surface area (Å²) in [5.41, 5.74) is 1.22. The van der Waals surface area contributed by atoms with Gasteiger partial charge in [-0.1, -0.05) is 19.9 Å². The number of rotatable bonds is 5. The highest BCUT2D eigenvalue weighted by atomic mass is 79.9. The summed E-state index contributed by atoms with van der Waals surface area (Å²) in [7, 11) is 0. The third-order valence-corrected chi connectivity index (χ3v) is 3.11. The SMILES string of the molecule is CC[C@H](C)c1ccc(OCC(=O)O)c(Br)c1. The van der Waals surface area contributed by atoms with E-state index in [1.54, 1.807) is 6.07 Å². The molecule has 88 valence electrons. The van der Waals surface area contributed by atoms with Crippen molar-refractivity contribution in [1.82, 2.24) is 0 Å². The fourth-order valence-corrected chi connectivity index (χ4v) is 1.83. The van der Waals surface area contributed by atoms with E-state index in [0.717, 1.165) is 10.9 Å². The molecule has 0 saturated carbocycles. The number of benzene rings is 1. The predicted octanol–water partition coefficient (Wildman–Crippen LogP) is 3.43. The molecule has 3 nitrogen and oxygen atoms in total. The molecule has 0 aliphatic carbocycles. The summed E-state index contributed by atoms with van der Waals surface area (Å²) in [6, 6.07) is 5.75. The zero-order valence-corrected chi connectivity index (χ0v) is 11.0. The second-order valence-corrected chi connectivity index (χ2v) is 4.54. The van der Waals surface area contributed by atoms with Crippen molar-refractivity contribution >= 4 is 21.9 Å². The van der Waals surface area contributed by atoms with E-state index < -0.39 is 5.97 Å². The molecule has 0 spiro atoms. The van der Waals surface area contributed by atoms with Gasteiger partial charge in [-0.05, 0) is 46.0 Å². The van der Waals surface area contributed by atoms with Crippen molar-refractivity contribution in [2.24, 2.45) is 0 Å². The Hall–Kier alpha value is -1.03. The van der Waals surface area contributed by atoms with E-state index in [4.69, 9.17) is 9.84 Å². The van der Waals surface area contributed by atoms with Crippen molar-refractivity contribution in [2.45, 2.75) is 26.2 Å². The highest BCUT2D eigenvalue weighted by Gasteiger charge is 2.08. The number of carbonyl (C=O) groups is 1. The highest BCUT2D eigenvalue weighted by Crippen LogP contribution is 2.29. The van der Waals surface area contributed by atoms with Gasteiger partial charge in [0.1, 0.15) is 5.75 Å². The van der Waals surface area contributed by atoms with Crippen LogP contribution in [0.3, 0.4) is 0 Å². The van der Waals surface area contributed by atoms with Gasteiger partial charge >= 0.3 is 5.97 Å². The first-order valence-corrected chi connectivity index (χ1v) is 5.98. The first-order valence-electron chi connectivity index (χ1n) is 5.18. The van der Waals surface area contributed by atoms with Crippen LogP contribution < -0.4 is 4.74 Å². The maximum atomic E-state index is 10.4. The monoisotopic (exact) mass is 286 g/mol. The highest BCUT2D eigenvalue weighted by molar-refractivity contribution is 9.10. The second-order valence-electron chi connectivity index (χ2n) is 3.68. The van der Waals surface area contributed by atoms with Gasteiger partial charge < -0.3 is 9.84 Å². The van der Waals surface area contributed by atoms with Crippen molar-refractivity contribution in [2.75, 3.05) is 6.61 Å². The van der Waals surface area contributed by atoms with E-state index in [2.05, 4.69) is 29.8 Å². The molecular formula is C12H15BrO3. The molecule has 0 amide bonds. The van der Waals surface area contributed by atoms with Crippen LogP contribution in [0.1, 0.15) is 31.7 Å². The maximum Gasteiger partial charge on any atom is 0.341 e. The molecule has 0 unspecified atom stereocenters. The lowest BCUT2D eigenvalue weighted by molar-refractivity contribution is -0.139. The number of carboxylic acid groups (broad SMARTS) is 1. The number of carboxylic acids is 1. The summed E-state index contributed by atoms with van der Waals surface area (Å²) in [4.78, 5) is 10.4. The summed E-state index contributed by atoms with van der Waals surface area (Å²) in [5.74, 6) is 0.0807. The van der Waals surface area contributed by atoms with Gasteiger partial charge in [-0.2, -0.15) is 0 Å². The Kier molecular flexibility index (Phi) is 4.80. The molecule has 0 aromatic heterocycles. The molecule has 1 rings (SSSR count). The molecule has 1 aromatic carbocycles. The minimum absolute atomic E-state index is 0.318. The van der Waals surface area contributed by atoms with Gasteiger partial charge in [0.2, 0.25) is 0 Å². The van der Waals surface area contributed by atoms with Crippen LogP contribution in [0.2, 0.25) is 0 Å². The summed E-state index contributed by atoms with van der Waals surface area (Å²) >= 11 is 3.38. The number of aliphatic carboxylic acids is 1. The molecule has 0 heterocycles. The molecule has 1 N–H and O–H groups in total. The smallest absolute Gasteiger partial charge is 0.341 e. The fourth-order valence-electron chi connectivity index (χ4n) is 1.32. The quantitative estimate of drug-likeness (QED) is 0.902. The van der Waals surface area contributed by atoms with Gasteiger partial charge in [0.25, 0.3) is 0 Å². The largest absolute Gasteiger partial charge is 0.481 e. The average Bonchev–Trinajstić information content (AvgIpc) is 2.26. The van der Waals surface area contributed by atoms with E-state index >= 15 is 0 Å². The molecule has 16 heavy (non-hydrogen) atoms. The van der Waals surface area contributed by atoms with Crippen LogP contribution >= 0.6 is 15.9 Å². The van der Waals surface area contributed by atoms with Gasteiger partial charge in [-0.15, -0.1) is 0 Å². The van der Waals surface area contributed by atoms with Crippen LogP contribution in [0, 0.1) is 0 Å². The van der Waals surface area contributed by atoms with E-state index in [9.17, 15) is 4.79 Å². The molecule has 0 saturated heterocycles. The molecule has 1 atom stereocenters. The Morgan fingerprint density at radius 1 is 1.56 bits per heavy atom. The van der Waals surface area contributed by atoms with Crippen molar-refractivity contribution in [3.05, 3.63) is 28.2 Å². The minimum atomic E-state index is -0.974. The Balaban J connectivity index is 2.79. The zero-order chi connectivity index (χ0) is 12.1. The summed E-state index contributed by atoms with van der Waals surface area (Å²) < 4.78 is 5.92. The predicted molar refractivity (Wildman–Crippen MR) is 66.0 cm³/mol. The second kappa shape index (κ2) is 5.89. The van der Waals surface area contributed by atoms with Crippen LogP contribution in [0.15, 0.2) is 22.7 Å². The molecule has 0 aliphatic heterocycles. The number of halogens is 1. The first-order chi connectivity index (χ1) is 7.54. The Labute approximate surface area is 104 Å². The summed E-state index contributed by atoms with van der Waals surface area (Å²) in [5, 5.41) is 8.51. The van der Waals surface area contributed by atoms with Crippen molar-refractivity contribution in [3.8, 4) is 5.75 Å². The molecule has 0 fully saturated rings. The third kappa shape index (κ3) is 3.52. The minimum Gasteiger partial charge on any atom is -0.481 e. The topological polar surface area (TPSA) is 46.5 Å². The van der Waals surface area contributed by atoms with Crippen LogP contribution in [-0.4, -0.2) is 17.7 Å². The standard InChI is InChI=1S/C12H15BrO3/c1-3-8(2)9-4-5-11(10(13)6-9)16-7-12(14)15/h4-6,8H,3,7H2,1-2H3,(H,14,15)/t8-/m0/s1. The van der Waals surface area contributed by atoms with Crippen LogP contribution in [0.25, 0.3) is 0 Å². The summed E-state index contributed by atoms with van der Waals surface area (Å²) in [6.07, 6.45) is 1.07. The van der Waals surface area contributed by atoms with E-state index in [-0.39, 0.29) is 6.61 Å². The van der Waals surface area contributed by atoms with E-state index in [0.29, 0.717) is 11.7 Å². The van der Waals surface area contributed by atoms with Gasteiger partial charge in [0, 0.05) is 0 Å². The number of hydrogen-bond donors (Lipinski definition) is 1. The Morgan fingerprint density at radius 3 is 2.75 bits per heavy atom. The van der Waals surface area contributed by atoms with Crippen molar-refractivity contribution < 1.29 is 14.6 Å². The molecule has 0 radical (unpaired) electrons. The molecular weight excluding hydrogens is 272 g/mol. The number of hydrogen-bond acceptors (Lipinski definition) is 2. The van der Waals surface area contributed by atoms with Gasteiger partial charge in [-0.25, -0.2) is 4.79 Å². The zero-order valence-electron chi connectivity index (χ0n) is 9.37. The van der Waals surface area contributed by atoms with Gasteiger partial charge in [0.15, 0.2) is 6.61 Å². The summed E-state index contributed by atoms with van der Waals surface area (Å²) in [6.45, 7) is 3.97. The average molecular weight is 287 g/mol. The lowest BCUT2D eigenvalue weighted by Crippen LogP contribution is -2.09. The molecule has 0 bridgehead atoms. The first kappa shape index (κ1) is 13.0. The normalized spacial score (nSPS) is 12.2. The lowest BCUT2D eigenvalue weighted by Gasteiger charge is -2.12. The molecule has 4 heteroatoms. The van der Waals surface area contributed by atoms with Gasteiger partial charge in [0.05, 0.1) is 4.47 Å². The van der Waals surface area contributed by atoms with Crippen LogP contribution in [0.5, 0.6) is 5.75 Å². The van der Waals surface area contributed by atoms with E-state index in [1.807, 2.05) is 12.1 Å². The molecule has 0 aliphatic rings. The Morgan fingerprint density at radius 2 is 2.25 bits per heavy atom. The van der Waals surface area contributed by atoms with Crippen molar-refractivity contribution in [3.63, 3.8) is 0 Å². The van der Waals surface area contributed by atoms with Crippen LogP contribution in [0.4, 0.5) is 0 Å². The maximum absolute atomic E-state index is 10.4. The van der Waals surface area contributed by atoms with E-state index in [1.165, 1.54) is 5.56 Å². The number of ether oxygens (including phenoxy) is 1. The fraction of sp³-hybridized carbons (Fsp3) is 0.417. The van der Waals surface area contributed by atoms with Gasteiger partial charge in [-0.3, -0.25) is 0 Å². The third-order valence-electron chi connectivity index (χ3n) is 2.49. The lowest BCUT2D eigenvalue weighted by atomic mass is 9.99. The molecule has 1 aromatic rings. The van der Waals surface area contributed by atoms with Crippen LogP contribution in [-0.2, 0) is 4.79 Å².